The number of alkyl halides is 2. The van der Waals surface area contributed by atoms with Gasteiger partial charge in [0, 0.05) is 56.1 Å². The van der Waals surface area contributed by atoms with E-state index < -0.39 is 11.7 Å². The Labute approximate surface area is 177 Å². The molecule has 3 aliphatic rings. The second-order valence-corrected chi connectivity index (χ2v) is 8.54. The van der Waals surface area contributed by atoms with Crippen LogP contribution in [-0.2, 0) is 12.3 Å². The topological polar surface area (TPSA) is 63.0 Å². The van der Waals surface area contributed by atoms with Crippen molar-refractivity contribution >= 4 is 28.3 Å². The van der Waals surface area contributed by atoms with Crippen molar-refractivity contribution in [2.75, 3.05) is 25.0 Å². The zero-order chi connectivity index (χ0) is 21.2. The number of aryl methyl sites for hydroxylation is 1. The van der Waals surface area contributed by atoms with Gasteiger partial charge in [-0.15, -0.1) is 5.10 Å². The van der Waals surface area contributed by atoms with Crippen LogP contribution in [0.5, 0.6) is 0 Å². The fourth-order valence-corrected chi connectivity index (χ4v) is 4.47. The van der Waals surface area contributed by atoms with Crippen molar-refractivity contribution in [3.05, 3.63) is 35.0 Å². The third kappa shape index (κ3) is 3.11. The Hall–Kier alpha value is -2.39. The van der Waals surface area contributed by atoms with Crippen LogP contribution in [0.15, 0.2) is 18.3 Å². The molecule has 0 spiro atoms. The number of rotatable bonds is 4. The molecule has 0 N–H and O–H groups in total. The Kier molecular flexibility index (Phi) is 4.44. The number of fused-ring (bicyclic) bond motifs is 3. The van der Waals surface area contributed by atoms with Crippen molar-refractivity contribution in [1.29, 1.82) is 0 Å². The lowest BCUT2D eigenvalue weighted by Crippen LogP contribution is -2.67. The van der Waals surface area contributed by atoms with E-state index in [0.717, 1.165) is 31.2 Å². The van der Waals surface area contributed by atoms with Crippen molar-refractivity contribution in [3.8, 4) is 5.82 Å². The average Bonchev–Trinajstić information content (AvgIpc) is 3.11. The number of likely N-dealkylation sites (N-methyl/N-ethyl adjacent to an activating group) is 1. The molecule has 158 valence electrons. The average molecular weight is 434 g/mol. The lowest BCUT2D eigenvalue weighted by molar-refractivity contribution is 0.00742. The van der Waals surface area contributed by atoms with Crippen molar-refractivity contribution < 1.29 is 8.78 Å². The van der Waals surface area contributed by atoms with E-state index in [9.17, 15) is 8.78 Å². The van der Waals surface area contributed by atoms with Gasteiger partial charge in [0.25, 0.3) is 0 Å². The van der Waals surface area contributed by atoms with Gasteiger partial charge in [-0.25, -0.2) is 19.6 Å². The van der Waals surface area contributed by atoms with Gasteiger partial charge in [-0.1, -0.05) is 18.5 Å². The molecule has 7 nitrogen and oxygen atoms in total. The summed E-state index contributed by atoms with van der Waals surface area (Å²) in [6.07, 6.45) is 3.39. The maximum atomic E-state index is 14.0. The summed E-state index contributed by atoms with van der Waals surface area (Å²) < 4.78 is 29.6. The maximum absolute atomic E-state index is 14.0. The Morgan fingerprint density at radius 1 is 1.20 bits per heavy atom. The molecular weight excluding hydrogens is 412 g/mol. The summed E-state index contributed by atoms with van der Waals surface area (Å²) in [5.41, 5.74) is 1.21. The molecule has 10 heteroatoms. The number of halogens is 3. The van der Waals surface area contributed by atoms with E-state index in [0.29, 0.717) is 40.7 Å². The van der Waals surface area contributed by atoms with Crippen LogP contribution < -0.4 is 4.90 Å². The third-order valence-corrected chi connectivity index (χ3v) is 6.31. The summed E-state index contributed by atoms with van der Waals surface area (Å²) in [6, 6.07) is 4.39. The first-order valence-corrected chi connectivity index (χ1v) is 10.4. The van der Waals surface area contributed by atoms with Gasteiger partial charge in [-0.2, -0.15) is 8.78 Å². The molecule has 6 heterocycles. The number of nitrogens with zero attached hydrogens (tertiary/aromatic N) is 7. The first kappa shape index (κ1) is 19.6. The summed E-state index contributed by atoms with van der Waals surface area (Å²) in [6.45, 7) is 4.40. The Bertz CT molecular complexity index is 1110. The monoisotopic (exact) mass is 433 g/mol. The van der Waals surface area contributed by atoms with Crippen LogP contribution in [0.25, 0.3) is 16.7 Å². The van der Waals surface area contributed by atoms with E-state index >= 15 is 0 Å². The van der Waals surface area contributed by atoms with E-state index in [4.69, 9.17) is 16.7 Å². The number of hydrogen-bond donors (Lipinski definition) is 0. The van der Waals surface area contributed by atoms with Gasteiger partial charge in [0.05, 0.1) is 10.9 Å². The molecule has 0 aliphatic carbocycles. The number of hydrogen-bond acceptors (Lipinski definition) is 6. The molecule has 0 aromatic carbocycles. The van der Waals surface area contributed by atoms with E-state index in [1.165, 1.54) is 6.42 Å². The van der Waals surface area contributed by atoms with Crippen LogP contribution >= 0.6 is 11.6 Å². The minimum Gasteiger partial charge on any atom is -0.351 e. The number of pyridine rings is 1. The largest absolute Gasteiger partial charge is 0.351 e. The third-order valence-electron chi connectivity index (χ3n) is 6.11. The van der Waals surface area contributed by atoms with E-state index in [1.807, 2.05) is 6.92 Å². The number of aromatic nitrogens is 5. The van der Waals surface area contributed by atoms with Crippen molar-refractivity contribution in [1.82, 2.24) is 29.6 Å². The first-order valence-electron chi connectivity index (χ1n) is 10.0. The molecule has 2 bridgehead atoms. The molecule has 3 aliphatic heterocycles. The van der Waals surface area contributed by atoms with Gasteiger partial charge in [0.1, 0.15) is 5.15 Å². The molecule has 0 amide bonds. The van der Waals surface area contributed by atoms with Crippen LogP contribution in [-0.4, -0.2) is 61.9 Å². The van der Waals surface area contributed by atoms with Gasteiger partial charge in [-0.3, -0.25) is 4.90 Å². The predicted octanol–water partition coefficient (Wildman–Crippen LogP) is 3.43. The van der Waals surface area contributed by atoms with Crippen LogP contribution in [0, 0.1) is 0 Å². The number of anilines is 1. The summed E-state index contributed by atoms with van der Waals surface area (Å²) in [5.74, 6) is -2.58. The van der Waals surface area contributed by atoms with Crippen molar-refractivity contribution in [3.63, 3.8) is 0 Å². The lowest BCUT2D eigenvalue weighted by atomic mass is 9.88. The van der Waals surface area contributed by atoms with Gasteiger partial charge >= 0.3 is 5.92 Å². The maximum Gasteiger partial charge on any atom is 0.303 e. The normalized spacial score (nSPS) is 21.9. The fourth-order valence-electron chi connectivity index (χ4n) is 4.32. The van der Waals surface area contributed by atoms with Gasteiger partial charge in [-0.05, 0) is 19.9 Å². The molecule has 0 saturated carbocycles. The SMILES string of the molecule is CCc1cc(-n2nc(N3CC4CC(C3)N4C)c3cnc(Cl)cc32)nc(C(C)(F)F)n1. The second kappa shape index (κ2) is 6.81. The summed E-state index contributed by atoms with van der Waals surface area (Å²) in [7, 11) is 2.15. The Morgan fingerprint density at radius 3 is 2.57 bits per heavy atom. The smallest absolute Gasteiger partial charge is 0.303 e. The Morgan fingerprint density at radius 2 is 1.93 bits per heavy atom. The van der Waals surface area contributed by atoms with Crippen LogP contribution in [0.2, 0.25) is 5.15 Å². The quantitative estimate of drug-likeness (QED) is 0.587. The molecule has 3 saturated heterocycles. The van der Waals surface area contributed by atoms with Crippen LogP contribution in [0.1, 0.15) is 31.8 Å². The summed E-state index contributed by atoms with van der Waals surface area (Å²) >= 11 is 6.16. The zero-order valence-corrected chi connectivity index (χ0v) is 17.7. The zero-order valence-electron chi connectivity index (χ0n) is 17.0. The molecule has 30 heavy (non-hydrogen) atoms. The lowest BCUT2D eigenvalue weighted by Gasteiger charge is -2.55. The highest BCUT2D eigenvalue weighted by Gasteiger charge is 2.43. The molecule has 2 atom stereocenters. The molecule has 6 rings (SSSR count). The van der Waals surface area contributed by atoms with Crippen LogP contribution in [0.3, 0.4) is 0 Å². The van der Waals surface area contributed by atoms with Crippen molar-refractivity contribution in [2.24, 2.45) is 0 Å². The predicted molar refractivity (Wildman–Crippen MR) is 111 cm³/mol. The van der Waals surface area contributed by atoms with E-state index in [2.05, 4.69) is 31.8 Å². The number of piperidine rings is 1. The number of piperazine rings is 1. The van der Waals surface area contributed by atoms with Gasteiger partial charge in [0.2, 0.25) is 5.82 Å². The van der Waals surface area contributed by atoms with E-state index in [-0.39, 0.29) is 0 Å². The van der Waals surface area contributed by atoms with Crippen molar-refractivity contribution in [2.45, 2.75) is 44.7 Å². The molecular formula is C20H22ClF2N7. The minimum absolute atomic E-state index is 0.302. The highest BCUT2D eigenvalue weighted by atomic mass is 35.5. The molecule has 3 fully saturated rings. The molecule has 0 radical (unpaired) electrons. The summed E-state index contributed by atoms with van der Waals surface area (Å²) in [4.78, 5) is 17.0. The first-order chi connectivity index (χ1) is 14.2. The molecule has 3 aromatic rings. The highest BCUT2D eigenvalue weighted by molar-refractivity contribution is 6.30. The second-order valence-electron chi connectivity index (χ2n) is 8.16. The van der Waals surface area contributed by atoms with Gasteiger partial charge < -0.3 is 4.90 Å². The fraction of sp³-hybridized carbons (Fsp3) is 0.500. The van der Waals surface area contributed by atoms with E-state index in [1.54, 1.807) is 23.0 Å². The Balaban J connectivity index is 1.66. The van der Waals surface area contributed by atoms with Gasteiger partial charge in [0.15, 0.2) is 11.6 Å². The molecule has 2 unspecified atom stereocenters. The standard InChI is InChI=1S/C20H22ClF2N7/c1-4-11-5-17(26-19(25-11)20(2,22)23)30-15-7-16(21)24-8-14(15)18(27-30)29-9-12-6-13(10-29)28(12)3/h5,7-8,12-13H,4,6,9-10H2,1-3H3. The minimum atomic E-state index is -3.15. The highest BCUT2D eigenvalue weighted by Crippen LogP contribution is 2.36. The van der Waals surface area contributed by atoms with Crippen LogP contribution in [0.4, 0.5) is 14.6 Å². The summed E-state index contributed by atoms with van der Waals surface area (Å²) in [5, 5.41) is 5.92. The molecule has 3 aromatic heterocycles.